The van der Waals surface area contributed by atoms with Gasteiger partial charge >= 0.3 is 34.5 Å². The first kappa shape index (κ1) is 21.4. The molecular formula is C9H5Cl2F10NO2. The van der Waals surface area contributed by atoms with Gasteiger partial charge in [-0.05, 0) is 30.1 Å². The number of alkyl halides is 12. The van der Waals surface area contributed by atoms with Crippen LogP contribution in [0.4, 0.5) is 43.9 Å². The summed E-state index contributed by atoms with van der Waals surface area (Å²) in [4.78, 5) is 2.63. The molecule has 0 amide bonds. The summed E-state index contributed by atoms with van der Waals surface area (Å²) in [6, 6.07) is 0. The van der Waals surface area contributed by atoms with E-state index in [-0.39, 0.29) is 0 Å². The lowest BCUT2D eigenvalue weighted by molar-refractivity contribution is -0.424. The quantitative estimate of drug-likeness (QED) is 0.491. The van der Waals surface area contributed by atoms with Crippen molar-refractivity contribution in [2.45, 2.75) is 41.4 Å². The molecule has 1 aliphatic heterocycles. The van der Waals surface area contributed by atoms with E-state index in [1.54, 1.807) is 0 Å². The van der Waals surface area contributed by atoms with E-state index in [0.717, 1.165) is 6.92 Å². The molecule has 142 valence electrons. The molecule has 0 saturated carbocycles. The van der Waals surface area contributed by atoms with E-state index in [2.05, 4.69) is 37.7 Å². The summed E-state index contributed by atoms with van der Waals surface area (Å²) < 4.78 is 138. The molecule has 15 heteroatoms. The zero-order chi connectivity index (χ0) is 19.4. The van der Waals surface area contributed by atoms with E-state index in [4.69, 9.17) is 0 Å². The van der Waals surface area contributed by atoms with Crippen LogP contribution in [0.2, 0.25) is 0 Å². The van der Waals surface area contributed by atoms with Gasteiger partial charge in [-0.3, -0.25) is 9.73 Å². The molecule has 0 spiro atoms. The van der Waals surface area contributed by atoms with Crippen molar-refractivity contribution in [1.82, 2.24) is 0 Å². The van der Waals surface area contributed by atoms with Crippen molar-refractivity contribution in [3.05, 3.63) is 0 Å². The maximum Gasteiger partial charge on any atom is 0.463 e. The Hall–Kier alpha value is -0.690. The number of hydrogen-bond donors (Lipinski definition) is 0. The molecule has 24 heavy (non-hydrogen) atoms. The van der Waals surface area contributed by atoms with Crippen LogP contribution in [0.5, 0.6) is 0 Å². The Morgan fingerprint density at radius 1 is 0.875 bits per heavy atom. The minimum Gasteiger partial charge on any atom is -0.431 e. The Balaban J connectivity index is 3.84. The SMILES string of the molecule is CCN=C1OC(C(F)(F)F)(C(F)(F)Cl)OC1(C(F)(F)F)C(F)(F)Cl. The van der Waals surface area contributed by atoms with Gasteiger partial charge in [-0.2, -0.15) is 43.9 Å². The summed E-state index contributed by atoms with van der Waals surface area (Å²) >= 11 is 8.40. The first-order valence-electron chi connectivity index (χ1n) is 5.58. The molecule has 2 atom stereocenters. The molecule has 3 nitrogen and oxygen atoms in total. The summed E-state index contributed by atoms with van der Waals surface area (Å²) in [6.45, 7) is 0.0432. The van der Waals surface area contributed by atoms with Crippen LogP contribution < -0.4 is 0 Å². The highest BCUT2D eigenvalue weighted by molar-refractivity contribution is 6.25. The lowest BCUT2D eigenvalue weighted by Crippen LogP contribution is -2.64. The fraction of sp³-hybridized carbons (Fsp3) is 0.889. The molecule has 0 aromatic rings. The van der Waals surface area contributed by atoms with E-state index >= 15 is 0 Å². The van der Waals surface area contributed by atoms with Gasteiger partial charge in [0.05, 0.1) is 0 Å². The second kappa shape index (κ2) is 5.66. The minimum atomic E-state index is -6.47. The van der Waals surface area contributed by atoms with Gasteiger partial charge in [0.25, 0.3) is 0 Å². The van der Waals surface area contributed by atoms with Crippen LogP contribution in [0.25, 0.3) is 0 Å². The van der Waals surface area contributed by atoms with Gasteiger partial charge in [-0.1, -0.05) is 0 Å². The number of hydrogen-bond acceptors (Lipinski definition) is 3. The normalized spacial score (nSPS) is 31.5. The van der Waals surface area contributed by atoms with E-state index < -0.39 is 46.9 Å². The predicted octanol–water partition coefficient (Wildman–Crippen LogP) is 4.67. The smallest absolute Gasteiger partial charge is 0.431 e. The number of rotatable bonds is 3. The van der Waals surface area contributed by atoms with Crippen LogP contribution in [0.15, 0.2) is 4.99 Å². The Bertz CT molecular complexity index is 490. The van der Waals surface area contributed by atoms with Gasteiger partial charge in [0.1, 0.15) is 0 Å². The lowest BCUT2D eigenvalue weighted by atomic mass is 10.0. The second-order valence-corrected chi connectivity index (χ2v) is 5.22. The summed E-state index contributed by atoms with van der Waals surface area (Å²) in [5, 5.41) is -11.4. The van der Waals surface area contributed by atoms with Crippen molar-refractivity contribution in [1.29, 1.82) is 0 Å². The second-order valence-electron chi connectivity index (χ2n) is 4.27. The number of ether oxygens (including phenoxy) is 2. The van der Waals surface area contributed by atoms with Gasteiger partial charge in [-0.15, -0.1) is 0 Å². The van der Waals surface area contributed by atoms with Crippen LogP contribution in [0.3, 0.4) is 0 Å². The fourth-order valence-electron chi connectivity index (χ4n) is 1.69. The van der Waals surface area contributed by atoms with E-state index in [0.29, 0.717) is 0 Å². The molecule has 0 radical (unpaired) electrons. The summed E-state index contributed by atoms with van der Waals surface area (Å²) in [5.74, 6) is -8.13. The van der Waals surface area contributed by atoms with Crippen molar-refractivity contribution in [3.8, 4) is 0 Å². The molecule has 0 bridgehead atoms. The van der Waals surface area contributed by atoms with Crippen LogP contribution in [-0.4, -0.2) is 46.9 Å². The molecule has 0 aromatic heterocycles. The molecule has 0 aliphatic carbocycles. The standard InChI is InChI=1S/C9H5Cl2F10NO2/c1-2-22-3-4(6(10,12)13,8(16,17)18)24-5(23-3,7(11,14)15)9(19,20)21/h2H2,1H3. The Kier molecular flexibility index (Phi) is 5.04. The first-order valence-corrected chi connectivity index (χ1v) is 6.34. The minimum absolute atomic E-state index is 0.856. The van der Waals surface area contributed by atoms with Crippen LogP contribution in [-0.2, 0) is 9.47 Å². The third-order valence-corrected chi connectivity index (χ3v) is 3.20. The molecule has 0 aromatic carbocycles. The lowest BCUT2D eigenvalue weighted by Gasteiger charge is -2.35. The topological polar surface area (TPSA) is 30.8 Å². The van der Waals surface area contributed by atoms with Crippen LogP contribution in [0, 0.1) is 0 Å². The molecule has 1 saturated heterocycles. The van der Waals surface area contributed by atoms with Crippen molar-refractivity contribution in [2.24, 2.45) is 4.99 Å². The third-order valence-electron chi connectivity index (χ3n) is 2.68. The highest BCUT2D eigenvalue weighted by Crippen LogP contribution is 2.61. The summed E-state index contributed by atoms with van der Waals surface area (Å²) in [6.07, 6.45) is -12.9. The third kappa shape index (κ3) is 2.87. The highest BCUT2D eigenvalue weighted by atomic mass is 35.5. The van der Waals surface area contributed by atoms with E-state index in [1.807, 2.05) is 0 Å². The summed E-state index contributed by atoms with van der Waals surface area (Å²) in [5.41, 5.74) is -5.44. The molecular weight excluding hydrogens is 415 g/mol. The molecule has 0 N–H and O–H groups in total. The average molecular weight is 420 g/mol. The average Bonchev–Trinajstić information content (AvgIpc) is 2.64. The number of halogens is 12. The first-order chi connectivity index (χ1) is 10.4. The molecule has 1 fully saturated rings. The van der Waals surface area contributed by atoms with E-state index in [9.17, 15) is 43.9 Å². The van der Waals surface area contributed by atoms with Gasteiger partial charge in [0.2, 0.25) is 5.90 Å². The Morgan fingerprint density at radius 3 is 1.58 bits per heavy atom. The molecule has 1 heterocycles. The number of nitrogens with zero attached hydrogens (tertiary/aromatic N) is 1. The van der Waals surface area contributed by atoms with Crippen LogP contribution >= 0.6 is 23.2 Å². The van der Waals surface area contributed by atoms with Gasteiger partial charge < -0.3 is 4.74 Å². The van der Waals surface area contributed by atoms with Gasteiger partial charge in [0, 0.05) is 6.54 Å². The zero-order valence-electron chi connectivity index (χ0n) is 11.0. The molecule has 1 aliphatic rings. The van der Waals surface area contributed by atoms with Crippen LogP contribution in [0.1, 0.15) is 6.92 Å². The maximum atomic E-state index is 13.4. The van der Waals surface area contributed by atoms with Gasteiger partial charge in [0.15, 0.2) is 0 Å². The monoisotopic (exact) mass is 419 g/mol. The number of aliphatic imine (C=N–C) groups is 1. The zero-order valence-corrected chi connectivity index (χ0v) is 12.5. The van der Waals surface area contributed by atoms with Crippen molar-refractivity contribution in [2.75, 3.05) is 6.54 Å². The molecule has 2 unspecified atom stereocenters. The van der Waals surface area contributed by atoms with E-state index in [1.165, 1.54) is 0 Å². The fourth-order valence-corrected chi connectivity index (χ4v) is 2.10. The summed E-state index contributed by atoms with van der Waals surface area (Å²) in [7, 11) is 0. The predicted molar refractivity (Wildman–Crippen MR) is 59.3 cm³/mol. The maximum absolute atomic E-state index is 13.4. The van der Waals surface area contributed by atoms with Crippen molar-refractivity contribution < 1.29 is 53.4 Å². The highest BCUT2D eigenvalue weighted by Gasteiger charge is 2.89. The van der Waals surface area contributed by atoms with Crippen molar-refractivity contribution in [3.63, 3.8) is 0 Å². The van der Waals surface area contributed by atoms with Crippen molar-refractivity contribution >= 4 is 29.1 Å². The van der Waals surface area contributed by atoms with Gasteiger partial charge in [-0.25, -0.2) is 0 Å². The Labute approximate surface area is 136 Å². The Morgan fingerprint density at radius 2 is 1.33 bits per heavy atom. The largest absolute Gasteiger partial charge is 0.463 e. The molecule has 1 rings (SSSR count).